The van der Waals surface area contributed by atoms with Crippen molar-refractivity contribution in [2.24, 2.45) is 0 Å². The third kappa shape index (κ3) is 2.99. The van der Waals surface area contributed by atoms with Crippen molar-refractivity contribution < 1.29 is 4.79 Å². The number of imidazole rings is 1. The first-order chi connectivity index (χ1) is 11.6. The Balaban J connectivity index is 1.90. The fourth-order valence-corrected chi connectivity index (χ4v) is 3.79. The number of fused-ring (bicyclic) bond motifs is 1. The highest BCUT2D eigenvalue weighted by Crippen LogP contribution is 2.37. The lowest BCUT2D eigenvalue weighted by Gasteiger charge is -2.22. The van der Waals surface area contributed by atoms with E-state index < -0.39 is 0 Å². The van der Waals surface area contributed by atoms with Gasteiger partial charge in [-0.15, -0.1) is 11.8 Å². The summed E-state index contributed by atoms with van der Waals surface area (Å²) in [5, 5.41) is 18.6. The molecule has 0 saturated carbocycles. The molecule has 120 valence electrons. The van der Waals surface area contributed by atoms with Crippen LogP contribution in [0.1, 0.15) is 24.7 Å². The third-order valence-electron chi connectivity index (χ3n) is 3.90. The van der Waals surface area contributed by atoms with Gasteiger partial charge in [-0.3, -0.25) is 4.79 Å². The van der Waals surface area contributed by atoms with Gasteiger partial charge < -0.3 is 9.47 Å². The standard InChI is InChI=1S/C17H15N5OS/c1-12-6-7-22(14-4-2-3-5-16(14)24-12)17(23)10-21-11-20-13(8-18)15(21)9-19/h2-5,11-12H,6-7,10H2,1H3/t12-/m1/s1. The Morgan fingerprint density at radius 3 is 2.92 bits per heavy atom. The molecule has 7 heteroatoms. The molecule has 0 radical (unpaired) electrons. The van der Waals surface area contributed by atoms with E-state index in [4.69, 9.17) is 5.26 Å². The average molecular weight is 337 g/mol. The molecule has 1 aliphatic rings. The fraction of sp³-hybridized carbons (Fsp3) is 0.294. The van der Waals surface area contributed by atoms with Crippen LogP contribution < -0.4 is 4.90 Å². The van der Waals surface area contributed by atoms with Gasteiger partial charge in [-0.2, -0.15) is 10.5 Å². The van der Waals surface area contributed by atoms with Crippen molar-refractivity contribution >= 4 is 23.4 Å². The van der Waals surface area contributed by atoms with Crippen LogP contribution >= 0.6 is 11.8 Å². The summed E-state index contributed by atoms with van der Waals surface area (Å²) in [4.78, 5) is 19.6. The van der Waals surface area contributed by atoms with Gasteiger partial charge in [0.25, 0.3) is 0 Å². The monoisotopic (exact) mass is 337 g/mol. The normalized spacial score (nSPS) is 16.6. The minimum absolute atomic E-state index is 0.00897. The number of para-hydroxylation sites is 1. The van der Waals surface area contributed by atoms with Crippen LogP contribution in [-0.2, 0) is 11.3 Å². The first kappa shape index (κ1) is 16.1. The first-order valence-electron chi connectivity index (χ1n) is 7.55. The van der Waals surface area contributed by atoms with Crippen LogP contribution in [0.3, 0.4) is 0 Å². The van der Waals surface area contributed by atoms with Gasteiger partial charge in [-0.1, -0.05) is 19.1 Å². The second-order valence-electron chi connectivity index (χ2n) is 5.52. The maximum absolute atomic E-state index is 12.8. The Hall–Kier alpha value is -2.77. The molecular formula is C17H15N5OS. The molecule has 2 aromatic rings. The Labute approximate surface area is 144 Å². The quantitative estimate of drug-likeness (QED) is 0.840. The Morgan fingerprint density at radius 2 is 2.17 bits per heavy atom. The van der Waals surface area contributed by atoms with Crippen molar-refractivity contribution in [1.82, 2.24) is 9.55 Å². The molecule has 0 unspecified atom stereocenters. The van der Waals surface area contributed by atoms with E-state index in [1.54, 1.807) is 16.7 Å². The van der Waals surface area contributed by atoms with Crippen molar-refractivity contribution in [3.8, 4) is 12.1 Å². The highest BCUT2D eigenvalue weighted by molar-refractivity contribution is 8.00. The number of hydrogen-bond donors (Lipinski definition) is 0. The van der Waals surface area contributed by atoms with Gasteiger partial charge in [0.1, 0.15) is 18.7 Å². The number of hydrogen-bond acceptors (Lipinski definition) is 5. The van der Waals surface area contributed by atoms with Gasteiger partial charge in [-0.05, 0) is 18.6 Å². The van der Waals surface area contributed by atoms with Crippen LogP contribution in [0.15, 0.2) is 35.5 Å². The molecule has 6 nitrogen and oxygen atoms in total. The molecule has 1 aromatic carbocycles. The number of thioether (sulfide) groups is 1. The summed E-state index contributed by atoms with van der Waals surface area (Å²) >= 11 is 1.77. The zero-order chi connectivity index (χ0) is 17.1. The maximum atomic E-state index is 12.8. The zero-order valence-electron chi connectivity index (χ0n) is 13.1. The van der Waals surface area contributed by atoms with Gasteiger partial charge in [0.15, 0.2) is 11.4 Å². The number of carbonyl (C=O) groups excluding carboxylic acids is 1. The summed E-state index contributed by atoms with van der Waals surface area (Å²) in [6.45, 7) is 2.77. The van der Waals surface area contributed by atoms with E-state index >= 15 is 0 Å². The summed E-state index contributed by atoms with van der Waals surface area (Å²) in [6.07, 6.45) is 2.26. The van der Waals surface area contributed by atoms with Crippen molar-refractivity contribution in [1.29, 1.82) is 10.5 Å². The summed E-state index contributed by atoms with van der Waals surface area (Å²) < 4.78 is 1.44. The molecule has 1 amide bonds. The predicted molar refractivity (Wildman–Crippen MR) is 90.4 cm³/mol. The van der Waals surface area contributed by atoms with E-state index in [1.165, 1.54) is 10.9 Å². The number of rotatable bonds is 2. The number of benzene rings is 1. The van der Waals surface area contributed by atoms with Crippen LogP contribution in [0, 0.1) is 22.7 Å². The van der Waals surface area contributed by atoms with Crippen molar-refractivity contribution in [2.45, 2.75) is 30.0 Å². The highest BCUT2D eigenvalue weighted by Gasteiger charge is 2.25. The second kappa shape index (κ2) is 6.77. The van der Waals surface area contributed by atoms with E-state index in [-0.39, 0.29) is 23.8 Å². The largest absolute Gasteiger partial charge is 0.312 e. The number of nitrogens with zero attached hydrogens (tertiary/aromatic N) is 5. The van der Waals surface area contributed by atoms with E-state index in [2.05, 4.69) is 11.9 Å². The molecule has 0 spiro atoms. The van der Waals surface area contributed by atoms with Gasteiger partial charge in [0, 0.05) is 16.7 Å². The topological polar surface area (TPSA) is 85.7 Å². The maximum Gasteiger partial charge on any atom is 0.247 e. The third-order valence-corrected chi connectivity index (χ3v) is 5.14. The van der Waals surface area contributed by atoms with Crippen molar-refractivity contribution in [2.75, 3.05) is 11.4 Å². The SMILES string of the molecule is C[C@@H]1CCN(C(=O)Cn2cnc(C#N)c2C#N)c2ccccc2S1. The molecule has 1 aliphatic heterocycles. The molecule has 3 rings (SSSR count). The molecule has 24 heavy (non-hydrogen) atoms. The minimum atomic E-state index is -0.115. The molecule has 0 aliphatic carbocycles. The Kier molecular flexibility index (Phi) is 4.54. The molecule has 0 fully saturated rings. The van der Waals surface area contributed by atoms with Crippen molar-refractivity contribution in [3.05, 3.63) is 42.0 Å². The average Bonchev–Trinajstić information content (AvgIpc) is 2.88. The minimum Gasteiger partial charge on any atom is -0.312 e. The highest BCUT2D eigenvalue weighted by atomic mass is 32.2. The van der Waals surface area contributed by atoms with Gasteiger partial charge in [0.05, 0.1) is 12.0 Å². The zero-order valence-corrected chi connectivity index (χ0v) is 14.0. The van der Waals surface area contributed by atoms with Gasteiger partial charge in [0.2, 0.25) is 5.91 Å². The summed E-state index contributed by atoms with van der Waals surface area (Å²) in [7, 11) is 0. The summed E-state index contributed by atoms with van der Waals surface area (Å²) in [5.74, 6) is -0.115. The van der Waals surface area contributed by atoms with Crippen LogP contribution in [0.2, 0.25) is 0 Å². The number of carbonyl (C=O) groups is 1. The van der Waals surface area contributed by atoms with E-state index in [0.717, 1.165) is 17.0 Å². The molecule has 0 saturated heterocycles. The van der Waals surface area contributed by atoms with Crippen LogP contribution in [0.4, 0.5) is 5.69 Å². The lowest BCUT2D eigenvalue weighted by molar-refractivity contribution is -0.119. The summed E-state index contributed by atoms with van der Waals surface area (Å²) in [6, 6.07) is 11.7. The van der Waals surface area contributed by atoms with E-state index in [9.17, 15) is 10.1 Å². The Bertz CT molecular complexity index is 861. The lowest BCUT2D eigenvalue weighted by atomic mass is 10.2. The van der Waals surface area contributed by atoms with Crippen LogP contribution in [-0.4, -0.2) is 27.3 Å². The van der Waals surface area contributed by atoms with E-state index in [0.29, 0.717) is 11.8 Å². The lowest BCUT2D eigenvalue weighted by Crippen LogP contribution is -2.35. The predicted octanol–water partition coefficient (Wildman–Crippen LogP) is 2.54. The summed E-state index contributed by atoms with van der Waals surface area (Å²) in [5.41, 5.74) is 1.07. The number of nitriles is 2. The Morgan fingerprint density at radius 1 is 1.38 bits per heavy atom. The number of amides is 1. The molecule has 0 bridgehead atoms. The smallest absolute Gasteiger partial charge is 0.247 e. The molecule has 2 heterocycles. The first-order valence-corrected chi connectivity index (χ1v) is 8.43. The van der Waals surface area contributed by atoms with Gasteiger partial charge in [-0.25, -0.2) is 4.98 Å². The number of anilines is 1. The molecule has 1 aromatic heterocycles. The molecule has 0 N–H and O–H groups in total. The van der Waals surface area contributed by atoms with E-state index in [1.807, 2.05) is 36.4 Å². The van der Waals surface area contributed by atoms with Crippen LogP contribution in [0.5, 0.6) is 0 Å². The van der Waals surface area contributed by atoms with Gasteiger partial charge >= 0.3 is 0 Å². The molecular weight excluding hydrogens is 322 g/mol. The van der Waals surface area contributed by atoms with Crippen LogP contribution in [0.25, 0.3) is 0 Å². The fourth-order valence-electron chi connectivity index (χ4n) is 2.68. The number of aromatic nitrogens is 2. The second-order valence-corrected chi connectivity index (χ2v) is 7.00. The van der Waals surface area contributed by atoms with Crippen molar-refractivity contribution in [3.63, 3.8) is 0 Å². The molecule has 1 atom stereocenters.